The number of hydrogen-bond acceptors (Lipinski definition) is 5. The van der Waals surface area contributed by atoms with Crippen LogP contribution in [0.4, 0.5) is 0 Å². The van der Waals surface area contributed by atoms with E-state index in [1.165, 1.54) is 0 Å². The minimum Gasteiger partial charge on any atom is -0.392 e. The van der Waals surface area contributed by atoms with Crippen LogP contribution in [0.25, 0.3) is 0 Å². The first kappa shape index (κ1) is 21.8. The Hall–Kier alpha value is -1.47. The number of hydrogen-bond donors (Lipinski definition) is 1. The van der Waals surface area contributed by atoms with E-state index in [1.807, 2.05) is 30.0 Å². The summed E-state index contributed by atoms with van der Waals surface area (Å²) in [6.45, 7) is 7.94. The van der Waals surface area contributed by atoms with Gasteiger partial charge in [0.05, 0.1) is 12.1 Å². The Morgan fingerprint density at radius 3 is 2.47 bits per heavy atom. The van der Waals surface area contributed by atoms with Crippen molar-refractivity contribution in [2.45, 2.75) is 69.8 Å². The predicted molar refractivity (Wildman–Crippen MR) is 117 cm³/mol. The molecule has 6 nitrogen and oxygen atoms in total. The maximum atomic E-state index is 13.4. The Morgan fingerprint density at radius 2 is 1.80 bits per heavy atom. The molecular formula is C24H37N3O3. The lowest BCUT2D eigenvalue weighted by atomic mass is 9.98. The van der Waals surface area contributed by atoms with Crippen LogP contribution in [-0.2, 0) is 16.1 Å². The standard InChI is InChI=1S/C24H37N3O3/c1-2-25(17-19-6-4-3-5-7-19)24(29)23-16-22(28)18-27(23)21-8-12-26(13-9-21)20-10-14-30-15-11-20/h3-7,20-23,28H,2,8-18H2,1H3/t22-,23+/m1/s1. The SMILES string of the molecule is CCN(Cc1ccccc1)C(=O)[C@@H]1C[C@@H](O)CN1C1CCN(C2CCOCC2)CC1. The zero-order valence-corrected chi connectivity index (χ0v) is 18.3. The van der Waals surface area contributed by atoms with E-state index in [-0.39, 0.29) is 11.9 Å². The van der Waals surface area contributed by atoms with E-state index in [2.05, 4.69) is 21.9 Å². The largest absolute Gasteiger partial charge is 0.392 e. The fourth-order valence-corrected chi connectivity index (χ4v) is 5.48. The molecule has 3 fully saturated rings. The molecule has 3 aliphatic heterocycles. The summed E-state index contributed by atoms with van der Waals surface area (Å²) >= 11 is 0. The normalized spacial score (nSPS) is 27.4. The number of aliphatic hydroxyl groups is 1. The molecule has 6 heteroatoms. The molecule has 3 heterocycles. The smallest absolute Gasteiger partial charge is 0.240 e. The minimum absolute atomic E-state index is 0.171. The molecule has 1 aromatic rings. The van der Waals surface area contributed by atoms with E-state index in [0.717, 1.165) is 57.6 Å². The summed E-state index contributed by atoms with van der Waals surface area (Å²) < 4.78 is 5.52. The predicted octanol–water partition coefficient (Wildman–Crippen LogP) is 2.11. The van der Waals surface area contributed by atoms with E-state index in [4.69, 9.17) is 4.74 Å². The second-order valence-corrected chi connectivity index (χ2v) is 9.05. The van der Waals surface area contributed by atoms with Crippen LogP contribution < -0.4 is 0 Å². The number of nitrogens with zero attached hydrogens (tertiary/aromatic N) is 3. The van der Waals surface area contributed by atoms with E-state index in [1.54, 1.807) is 0 Å². The van der Waals surface area contributed by atoms with Gasteiger partial charge in [-0.25, -0.2) is 0 Å². The molecular weight excluding hydrogens is 378 g/mol. The van der Waals surface area contributed by atoms with Gasteiger partial charge in [-0.1, -0.05) is 30.3 Å². The number of carbonyl (C=O) groups is 1. The highest BCUT2D eigenvalue weighted by molar-refractivity contribution is 5.82. The topological polar surface area (TPSA) is 56.3 Å². The van der Waals surface area contributed by atoms with E-state index in [9.17, 15) is 9.90 Å². The van der Waals surface area contributed by atoms with Crippen molar-refractivity contribution in [2.75, 3.05) is 39.4 Å². The average molecular weight is 416 g/mol. The van der Waals surface area contributed by atoms with Crippen LogP contribution in [0.15, 0.2) is 30.3 Å². The molecule has 0 saturated carbocycles. The number of likely N-dealkylation sites (N-methyl/N-ethyl adjacent to an activating group) is 1. The molecule has 0 bridgehead atoms. The van der Waals surface area contributed by atoms with Gasteiger partial charge >= 0.3 is 0 Å². The van der Waals surface area contributed by atoms with Crippen molar-refractivity contribution in [1.29, 1.82) is 0 Å². The van der Waals surface area contributed by atoms with Crippen molar-refractivity contribution in [3.05, 3.63) is 35.9 Å². The van der Waals surface area contributed by atoms with Crippen LogP contribution in [0.3, 0.4) is 0 Å². The van der Waals surface area contributed by atoms with Crippen LogP contribution in [0.1, 0.15) is 44.6 Å². The van der Waals surface area contributed by atoms with Crippen molar-refractivity contribution in [1.82, 2.24) is 14.7 Å². The summed E-state index contributed by atoms with van der Waals surface area (Å²) in [6, 6.07) is 11.0. The Bertz CT molecular complexity index is 672. The summed E-state index contributed by atoms with van der Waals surface area (Å²) in [5, 5.41) is 10.4. The summed E-state index contributed by atoms with van der Waals surface area (Å²) in [6.07, 6.45) is 4.60. The molecule has 4 rings (SSSR count). The minimum atomic E-state index is -0.400. The fraction of sp³-hybridized carbons (Fsp3) is 0.708. The van der Waals surface area contributed by atoms with Crippen molar-refractivity contribution in [3.8, 4) is 0 Å². The van der Waals surface area contributed by atoms with Gasteiger partial charge in [-0.15, -0.1) is 0 Å². The third-order valence-corrected chi connectivity index (χ3v) is 7.19. The Labute approximate surface area is 180 Å². The van der Waals surface area contributed by atoms with Crippen LogP contribution in [0.2, 0.25) is 0 Å². The van der Waals surface area contributed by atoms with Gasteiger partial charge in [-0.3, -0.25) is 9.69 Å². The highest BCUT2D eigenvalue weighted by Gasteiger charge is 2.42. The molecule has 166 valence electrons. The van der Waals surface area contributed by atoms with Crippen molar-refractivity contribution >= 4 is 5.91 Å². The molecule has 0 aromatic heterocycles. The molecule has 2 atom stereocenters. The monoisotopic (exact) mass is 415 g/mol. The van der Waals surface area contributed by atoms with Gasteiger partial charge in [0.15, 0.2) is 0 Å². The highest BCUT2D eigenvalue weighted by Crippen LogP contribution is 2.29. The molecule has 0 spiro atoms. The molecule has 3 aliphatic rings. The lowest BCUT2D eigenvalue weighted by Crippen LogP contribution is -2.53. The van der Waals surface area contributed by atoms with E-state index in [0.29, 0.717) is 38.1 Å². The molecule has 30 heavy (non-hydrogen) atoms. The van der Waals surface area contributed by atoms with Gasteiger partial charge < -0.3 is 19.6 Å². The second-order valence-electron chi connectivity index (χ2n) is 9.05. The van der Waals surface area contributed by atoms with Gasteiger partial charge in [-0.05, 0) is 57.7 Å². The quantitative estimate of drug-likeness (QED) is 0.771. The number of aliphatic hydroxyl groups excluding tert-OH is 1. The van der Waals surface area contributed by atoms with Crippen LogP contribution >= 0.6 is 0 Å². The first-order valence-corrected chi connectivity index (χ1v) is 11.7. The van der Waals surface area contributed by atoms with Gasteiger partial charge in [0.2, 0.25) is 5.91 Å². The van der Waals surface area contributed by atoms with Crippen molar-refractivity contribution < 1.29 is 14.6 Å². The average Bonchev–Trinajstić information content (AvgIpc) is 3.20. The first-order valence-electron chi connectivity index (χ1n) is 11.7. The summed E-state index contributed by atoms with van der Waals surface area (Å²) in [5.41, 5.74) is 1.16. The van der Waals surface area contributed by atoms with Crippen LogP contribution in [0, 0.1) is 0 Å². The Morgan fingerprint density at radius 1 is 1.10 bits per heavy atom. The second kappa shape index (κ2) is 10.2. The maximum Gasteiger partial charge on any atom is 0.240 e. The number of amides is 1. The number of carbonyl (C=O) groups excluding carboxylic acids is 1. The molecule has 0 aliphatic carbocycles. The third kappa shape index (κ3) is 5.05. The van der Waals surface area contributed by atoms with Gasteiger partial charge in [0, 0.05) is 44.9 Å². The third-order valence-electron chi connectivity index (χ3n) is 7.19. The number of likely N-dealkylation sites (tertiary alicyclic amines) is 2. The Kier molecular flexibility index (Phi) is 7.41. The lowest BCUT2D eigenvalue weighted by molar-refractivity contribution is -0.137. The van der Waals surface area contributed by atoms with Crippen LogP contribution in [0.5, 0.6) is 0 Å². The van der Waals surface area contributed by atoms with Crippen molar-refractivity contribution in [2.24, 2.45) is 0 Å². The maximum absolute atomic E-state index is 13.4. The number of ether oxygens (including phenoxy) is 1. The van der Waals surface area contributed by atoms with Crippen molar-refractivity contribution in [3.63, 3.8) is 0 Å². The zero-order chi connectivity index (χ0) is 20.9. The highest BCUT2D eigenvalue weighted by atomic mass is 16.5. The summed E-state index contributed by atoms with van der Waals surface area (Å²) in [4.78, 5) is 20.3. The van der Waals surface area contributed by atoms with Gasteiger partial charge in [-0.2, -0.15) is 0 Å². The van der Waals surface area contributed by atoms with Gasteiger partial charge in [0.1, 0.15) is 0 Å². The molecule has 3 saturated heterocycles. The fourth-order valence-electron chi connectivity index (χ4n) is 5.48. The molecule has 0 unspecified atom stereocenters. The van der Waals surface area contributed by atoms with Gasteiger partial charge in [0.25, 0.3) is 0 Å². The summed E-state index contributed by atoms with van der Waals surface area (Å²) in [7, 11) is 0. The number of benzene rings is 1. The number of rotatable bonds is 6. The van der Waals surface area contributed by atoms with E-state index < -0.39 is 6.10 Å². The first-order chi connectivity index (χ1) is 14.7. The number of β-amino-alcohol motifs (C(OH)–C–C–N with tert-alkyl or cyclic N) is 1. The summed E-state index contributed by atoms with van der Waals surface area (Å²) in [5.74, 6) is 0.171. The van der Waals surface area contributed by atoms with Crippen LogP contribution in [-0.4, -0.2) is 89.3 Å². The molecule has 1 amide bonds. The lowest BCUT2D eigenvalue weighted by Gasteiger charge is -2.43. The van der Waals surface area contributed by atoms with E-state index >= 15 is 0 Å². The molecule has 1 aromatic carbocycles. The number of piperidine rings is 1. The Balaban J connectivity index is 1.37. The molecule has 1 N–H and O–H groups in total. The zero-order valence-electron chi connectivity index (χ0n) is 18.3. The molecule has 0 radical (unpaired) electrons.